The van der Waals surface area contributed by atoms with Crippen LogP contribution in [-0.4, -0.2) is 22.5 Å². The summed E-state index contributed by atoms with van der Waals surface area (Å²) in [5, 5.41) is 5.85. The van der Waals surface area contributed by atoms with Gasteiger partial charge in [0.05, 0.1) is 18.7 Å². The van der Waals surface area contributed by atoms with E-state index < -0.39 is 0 Å². The molecule has 0 fully saturated rings. The van der Waals surface area contributed by atoms with Crippen LogP contribution in [0.3, 0.4) is 0 Å². The van der Waals surface area contributed by atoms with E-state index in [4.69, 9.17) is 9.72 Å². The highest BCUT2D eigenvalue weighted by Gasteiger charge is 2.09. The van der Waals surface area contributed by atoms with Gasteiger partial charge in [-0.15, -0.1) is 11.3 Å². The van der Waals surface area contributed by atoms with Gasteiger partial charge in [0.1, 0.15) is 10.8 Å². The molecule has 6 heteroatoms. The monoisotopic (exact) mass is 401 g/mol. The molecule has 1 N–H and O–H groups in total. The Hall–Kier alpha value is -3.51. The molecular formula is C23H19N3O2S. The number of thiazole rings is 1. The van der Waals surface area contributed by atoms with Gasteiger partial charge in [-0.05, 0) is 36.4 Å². The van der Waals surface area contributed by atoms with E-state index in [1.807, 2.05) is 72.1 Å². The van der Waals surface area contributed by atoms with Crippen molar-refractivity contribution in [3.63, 3.8) is 0 Å². The second-order valence-corrected chi connectivity index (χ2v) is 7.18. The Bertz CT molecular complexity index is 1080. The second kappa shape index (κ2) is 9.12. The molecule has 0 atom stereocenters. The molecule has 144 valence electrons. The number of carbonyl (C=O) groups is 1. The van der Waals surface area contributed by atoms with Gasteiger partial charge in [0.15, 0.2) is 0 Å². The first kappa shape index (κ1) is 18.8. The third kappa shape index (κ3) is 5.06. The van der Waals surface area contributed by atoms with E-state index in [1.54, 1.807) is 23.7 Å². The number of hydrogen-bond donors (Lipinski definition) is 1. The van der Waals surface area contributed by atoms with Crippen molar-refractivity contribution in [2.75, 3.05) is 11.9 Å². The number of nitrogens with one attached hydrogen (secondary N) is 1. The molecular weight excluding hydrogens is 382 g/mol. The number of rotatable bonds is 7. The van der Waals surface area contributed by atoms with Gasteiger partial charge >= 0.3 is 0 Å². The average Bonchev–Trinajstić information content (AvgIpc) is 3.26. The normalized spacial score (nSPS) is 10.5. The maximum atomic E-state index is 12.2. The third-order valence-electron chi connectivity index (χ3n) is 4.20. The molecule has 2 aromatic carbocycles. The van der Waals surface area contributed by atoms with Crippen LogP contribution >= 0.6 is 11.3 Å². The predicted molar refractivity (Wildman–Crippen MR) is 116 cm³/mol. The van der Waals surface area contributed by atoms with Gasteiger partial charge in [0.2, 0.25) is 5.91 Å². The van der Waals surface area contributed by atoms with Crippen molar-refractivity contribution >= 4 is 22.9 Å². The number of pyridine rings is 1. The zero-order valence-corrected chi connectivity index (χ0v) is 16.4. The zero-order valence-electron chi connectivity index (χ0n) is 15.6. The number of hydrogen-bond acceptors (Lipinski definition) is 5. The topological polar surface area (TPSA) is 64.1 Å². The van der Waals surface area contributed by atoms with E-state index >= 15 is 0 Å². The Labute approximate surface area is 173 Å². The lowest BCUT2D eigenvalue weighted by atomic mass is 10.1. The third-order valence-corrected chi connectivity index (χ3v) is 5.09. The fraction of sp³-hybridized carbons (Fsp3) is 0.0870. The van der Waals surface area contributed by atoms with Crippen LogP contribution in [0.2, 0.25) is 0 Å². The molecule has 5 nitrogen and oxygen atoms in total. The molecule has 29 heavy (non-hydrogen) atoms. The number of anilines is 1. The lowest BCUT2D eigenvalue weighted by molar-refractivity contribution is -0.116. The Morgan fingerprint density at radius 2 is 1.86 bits per heavy atom. The van der Waals surface area contributed by atoms with E-state index in [9.17, 15) is 4.79 Å². The summed E-state index contributed by atoms with van der Waals surface area (Å²) in [4.78, 5) is 21.1. The van der Waals surface area contributed by atoms with Crippen LogP contribution in [0.5, 0.6) is 5.75 Å². The lowest BCUT2D eigenvalue weighted by Crippen LogP contribution is -2.15. The first-order valence-corrected chi connectivity index (χ1v) is 10.1. The van der Waals surface area contributed by atoms with Crippen molar-refractivity contribution in [3.8, 4) is 27.6 Å². The van der Waals surface area contributed by atoms with Gasteiger partial charge in [0.25, 0.3) is 0 Å². The number of amides is 1. The van der Waals surface area contributed by atoms with Crippen molar-refractivity contribution in [2.45, 2.75) is 6.42 Å². The molecule has 0 bridgehead atoms. The minimum atomic E-state index is -0.0904. The number of carbonyl (C=O) groups excluding carboxylic acids is 1. The van der Waals surface area contributed by atoms with Crippen molar-refractivity contribution in [1.82, 2.24) is 9.97 Å². The molecule has 0 aliphatic carbocycles. The Kier molecular flexibility index (Phi) is 5.92. The van der Waals surface area contributed by atoms with Gasteiger partial charge in [-0.3, -0.25) is 9.78 Å². The van der Waals surface area contributed by atoms with E-state index in [2.05, 4.69) is 10.3 Å². The molecule has 0 aliphatic rings. The minimum Gasteiger partial charge on any atom is -0.493 e. The zero-order chi connectivity index (χ0) is 19.9. The van der Waals surface area contributed by atoms with Crippen LogP contribution < -0.4 is 10.1 Å². The lowest BCUT2D eigenvalue weighted by Gasteiger charge is -2.08. The average molecular weight is 401 g/mol. The molecule has 0 spiro atoms. The SMILES string of the molecule is O=C(CCOc1ccccc1)Nc1cccc(-c2csc(-c3cccnc3)n2)c1. The maximum Gasteiger partial charge on any atom is 0.227 e. The molecule has 4 aromatic rings. The van der Waals surface area contributed by atoms with Crippen molar-refractivity contribution in [1.29, 1.82) is 0 Å². The van der Waals surface area contributed by atoms with Gasteiger partial charge in [-0.25, -0.2) is 4.98 Å². The largest absolute Gasteiger partial charge is 0.493 e. The van der Waals surface area contributed by atoms with Crippen molar-refractivity contribution in [2.24, 2.45) is 0 Å². The summed E-state index contributed by atoms with van der Waals surface area (Å²) in [7, 11) is 0. The van der Waals surface area contributed by atoms with Crippen LogP contribution in [0.15, 0.2) is 84.5 Å². The summed E-state index contributed by atoms with van der Waals surface area (Å²) in [6.45, 7) is 0.329. The quantitative estimate of drug-likeness (QED) is 0.458. The summed E-state index contributed by atoms with van der Waals surface area (Å²) in [5.41, 5.74) is 3.56. The van der Waals surface area contributed by atoms with Crippen LogP contribution in [0.4, 0.5) is 5.69 Å². The highest BCUT2D eigenvalue weighted by Crippen LogP contribution is 2.29. The smallest absolute Gasteiger partial charge is 0.227 e. The Balaban J connectivity index is 1.37. The summed E-state index contributed by atoms with van der Waals surface area (Å²) < 4.78 is 5.58. The van der Waals surface area contributed by atoms with Gasteiger partial charge in [-0.1, -0.05) is 30.3 Å². The molecule has 4 rings (SSSR count). The molecule has 1 amide bonds. The second-order valence-electron chi connectivity index (χ2n) is 6.32. The summed E-state index contributed by atoms with van der Waals surface area (Å²) in [6.07, 6.45) is 3.83. The number of aromatic nitrogens is 2. The van der Waals surface area contributed by atoms with Crippen molar-refractivity contribution in [3.05, 3.63) is 84.5 Å². The van der Waals surface area contributed by atoms with E-state index in [0.717, 1.165) is 33.3 Å². The molecule has 0 saturated carbocycles. The summed E-state index contributed by atoms with van der Waals surface area (Å²) >= 11 is 1.57. The molecule has 0 radical (unpaired) electrons. The first-order valence-electron chi connectivity index (χ1n) is 9.22. The van der Waals surface area contributed by atoms with Crippen LogP contribution in [0.1, 0.15) is 6.42 Å². The molecule has 0 unspecified atom stereocenters. The highest BCUT2D eigenvalue weighted by atomic mass is 32.1. The predicted octanol–water partition coefficient (Wildman–Crippen LogP) is 5.28. The fourth-order valence-corrected chi connectivity index (χ4v) is 3.61. The first-order chi connectivity index (χ1) is 14.3. The summed E-state index contributed by atoms with van der Waals surface area (Å²) in [5.74, 6) is 0.669. The van der Waals surface area contributed by atoms with E-state index in [0.29, 0.717) is 6.61 Å². The number of para-hydroxylation sites is 1. The Morgan fingerprint density at radius 1 is 1.00 bits per heavy atom. The van der Waals surface area contributed by atoms with Crippen LogP contribution in [0, 0.1) is 0 Å². The number of nitrogens with zero attached hydrogens (tertiary/aromatic N) is 2. The highest BCUT2D eigenvalue weighted by molar-refractivity contribution is 7.13. The molecule has 0 saturated heterocycles. The van der Waals surface area contributed by atoms with Crippen LogP contribution in [-0.2, 0) is 4.79 Å². The minimum absolute atomic E-state index is 0.0904. The van der Waals surface area contributed by atoms with Crippen molar-refractivity contribution < 1.29 is 9.53 Å². The van der Waals surface area contributed by atoms with Crippen LogP contribution in [0.25, 0.3) is 21.8 Å². The number of benzene rings is 2. The van der Waals surface area contributed by atoms with E-state index in [-0.39, 0.29) is 12.3 Å². The van der Waals surface area contributed by atoms with E-state index in [1.165, 1.54) is 0 Å². The van der Waals surface area contributed by atoms with Gasteiger partial charge in [-0.2, -0.15) is 0 Å². The Morgan fingerprint density at radius 3 is 2.69 bits per heavy atom. The number of ether oxygens (including phenoxy) is 1. The molecule has 2 heterocycles. The standard InChI is InChI=1S/C23H19N3O2S/c27-22(11-13-28-20-9-2-1-3-10-20)25-19-8-4-6-17(14-19)21-16-29-23(26-21)18-7-5-12-24-15-18/h1-10,12,14-16H,11,13H2,(H,25,27). The fourth-order valence-electron chi connectivity index (χ4n) is 2.79. The maximum absolute atomic E-state index is 12.2. The van der Waals surface area contributed by atoms with Gasteiger partial charge < -0.3 is 10.1 Å². The molecule has 0 aliphatic heterocycles. The summed E-state index contributed by atoms with van der Waals surface area (Å²) in [6, 6.07) is 21.0. The van der Waals surface area contributed by atoms with Gasteiger partial charge in [0, 0.05) is 34.6 Å². The molecule has 2 aromatic heterocycles.